The van der Waals surface area contributed by atoms with Crippen molar-refractivity contribution in [1.82, 2.24) is 15.1 Å². The molecule has 1 aromatic heterocycles. The number of amides is 1. The summed E-state index contributed by atoms with van der Waals surface area (Å²) in [6.07, 6.45) is 6.94. The zero-order valence-corrected chi connectivity index (χ0v) is 18.4. The first-order valence-electron chi connectivity index (χ1n) is 11.5. The second-order valence-corrected chi connectivity index (χ2v) is 9.45. The summed E-state index contributed by atoms with van der Waals surface area (Å²) in [6, 6.07) is 6.41. The molecule has 1 saturated heterocycles. The van der Waals surface area contributed by atoms with Crippen molar-refractivity contribution in [3.8, 4) is 5.75 Å². The van der Waals surface area contributed by atoms with E-state index in [0.29, 0.717) is 24.8 Å². The predicted molar refractivity (Wildman–Crippen MR) is 118 cm³/mol. The molecule has 1 saturated carbocycles. The molecule has 0 radical (unpaired) electrons. The predicted octanol–water partition coefficient (Wildman–Crippen LogP) is 4.39. The SMILES string of the molecule is CC(C)Oc1cccc2n[nH]c(C(C)CC(=O)N3C(CCO)CC4CCCC3C4)c12. The third kappa shape index (κ3) is 4.20. The lowest BCUT2D eigenvalue weighted by Gasteiger charge is -2.48. The summed E-state index contributed by atoms with van der Waals surface area (Å²) in [5, 5.41) is 18.2. The van der Waals surface area contributed by atoms with Gasteiger partial charge in [-0.15, -0.1) is 0 Å². The number of ether oxygens (including phenoxy) is 1. The number of rotatable bonds is 7. The Morgan fingerprint density at radius 3 is 2.90 bits per heavy atom. The highest BCUT2D eigenvalue weighted by Crippen LogP contribution is 2.40. The van der Waals surface area contributed by atoms with Gasteiger partial charge in [0.25, 0.3) is 0 Å². The Kier molecular flexibility index (Phi) is 6.32. The monoisotopic (exact) mass is 413 g/mol. The van der Waals surface area contributed by atoms with E-state index in [2.05, 4.69) is 22.0 Å². The van der Waals surface area contributed by atoms with Crippen LogP contribution in [0.15, 0.2) is 18.2 Å². The zero-order valence-electron chi connectivity index (χ0n) is 18.4. The van der Waals surface area contributed by atoms with Gasteiger partial charge >= 0.3 is 0 Å². The van der Waals surface area contributed by atoms with Crippen LogP contribution in [0.2, 0.25) is 0 Å². The number of hydrogen-bond donors (Lipinski definition) is 2. The van der Waals surface area contributed by atoms with Gasteiger partial charge < -0.3 is 14.7 Å². The molecule has 4 unspecified atom stereocenters. The van der Waals surface area contributed by atoms with Crippen LogP contribution in [-0.2, 0) is 4.79 Å². The maximum absolute atomic E-state index is 13.5. The van der Waals surface area contributed by atoms with Gasteiger partial charge in [-0.25, -0.2) is 0 Å². The van der Waals surface area contributed by atoms with Crippen molar-refractivity contribution in [2.45, 2.75) is 89.8 Å². The number of carbonyl (C=O) groups excluding carboxylic acids is 1. The summed E-state index contributed by atoms with van der Waals surface area (Å²) in [5.74, 6) is 1.75. The van der Waals surface area contributed by atoms with E-state index in [1.54, 1.807) is 0 Å². The molecule has 2 aliphatic rings. The van der Waals surface area contributed by atoms with Crippen molar-refractivity contribution < 1.29 is 14.6 Å². The molecular weight excluding hydrogens is 378 g/mol. The molecule has 2 heterocycles. The third-order valence-electron chi connectivity index (χ3n) is 6.80. The number of nitrogens with zero attached hydrogens (tertiary/aromatic N) is 2. The van der Waals surface area contributed by atoms with Crippen LogP contribution in [0.3, 0.4) is 0 Å². The molecule has 1 aliphatic heterocycles. The molecule has 1 aromatic carbocycles. The number of benzene rings is 1. The van der Waals surface area contributed by atoms with Gasteiger partial charge in [0.05, 0.1) is 22.7 Å². The normalized spacial score (nSPS) is 25.0. The number of fused-ring (bicyclic) bond motifs is 3. The largest absolute Gasteiger partial charge is 0.490 e. The molecular formula is C24H35N3O3. The van der Waals surface area contributed by atoms with Crippen LogP contribution in [0.4, 0.5) is 0 Å². The summed E-state index contributed by atoms with van der Waals surface area (Å²) in [6.45, 7) is 6.26. The van der Waals surface area contributed by atoms with Gasteiger partial charge in [0.1, 0.15) is 5.75 Å². The number of likely N-dealkylation sites (tertiary alicyclic amines) is 1. The topological polar surface area (TPSA) is 78.5 Å². The van der Waals surface area contributed by atoms with E-state index in [0.717, 1.165) is 41.6 Å². The Bertz CT molecular complexity index is 878. The first kappa shape index (κ1) is 21.2. The Morgan fingerprint density at radius 2 is 2.13 bits per heavy atom. The number of carbonyl (C=O) groups is 1. The summed E-state index contributed by atoms with van der Waals surface area (Å²) >= 11 is 0. The van der Waals surface area contributed by atoms with Crippen LogP contribution in [0.5, 0.6) is 5.75 Å². The first-order valence-corrected chi connectivity index (χ1v) is 11.5. The van der Waals surface area contributed by atoms with Gasteiger partial charge in [0, 0.05) is 31.0 Å². The molecule has 1 aliphatic carbocycles. The van der Waals surface area contributed by atoms with Gasteiger partial charge in [-0.05, 0) is 57.6 Å². The number of piperidine rings is 1. The molecule has 4 rings (SSSR count). The number of nitrogens with one attached hydrogen (secondary N) is 1. The minimum atomic E-state index is 0.00972. The summed E-state index contributed by atoms with van der Waals surface area (Å²) < 4.78 is 6.02. The molecule has 30 heavy (non-hydrogen) atoms. The number of hydrogen-bond acceptors (Lipinski definition) is 4. The van der Waals surface area contributed by atoms with E-state index in [9.17, 15) is 9.90 Å². The molecule has 6 nitrogen and oxygen atoms in total. The van der Waals surface area contributed by atoms with Crippen molar-refractivity contribution in [3.05, 3.63) is 23.9 Å². The van der Waals surface area contributed by atoms with E-state index in [1.807, 2.05) is 32.0 Å². The third-order valence-corrected chi connectivity index (χ3v) is 6.80. The molecule has 4 atom stereocenters. The van der Waals surface area contributed by atoms with Gasteiger partial charge in [0.15, 0.2) is 0 Å². The second kappa shape index (κ2) is 8.96. The second-order valence-electron chi connectivity index (χ2n) is 9.45. The highest BCUT2D eigenvalue weighted by molar-refractivity contribution is 5.89. The Morgan fingerprint density at radius 1 is 1.30 bits per heavy atom. The molecule has 2 aromatic rings. The molecule has 1 amide bonds. The average molecular weight is 414 g/mol. The Hall–Kier alpha value is -2.08. The molecule has 2 fully saturated rings. The number of aromatic amines is 1. The average Bonchev–Trinajstić information content (AvgIpc) is 3.13. The standard InChI is InChI=1S/C24H35N3O3/c1-15(2)30-21-9-5-8-20-23(21)24(26-25-20)16(3)12-22(29)27-18-7-4-6-17(13-18)14-19(27)10-11-28/h5,8-9,15-19,28H,4,6-7,10-14H2,1-3H3,(H,25,26). The fourth-order valence-corrected chi connectivity index (χ4v) is 5.58. The van der Waals surface area contributed by atoms with Gasteiger partial charge in [-0.1, -0.05) is 25.8 Å². The van der Waals surface area contributed by atoms with E-state index in [4.69, 9.17) is 4.74 Å². The van der Waals surface area contributed by atoms with Crippen LogP contribution in [-0.4, -0.2) is 50.9 Å². The van der Waals surface area contributed by atoms with E-state index < -0.39 is 0 Å². The van der Waals surface area contributed by atoms with Crippen molar-refractivity contribution in [1.29, 1.82) is 0 Å². The van der Waals surface area contributed by atoms with Crippen molar-refractivity contribution in [2.24, 2.45) is 5.92 Å². The lowest BCUT2D eigenvalue weighted by atomic mass is 9.75. The van der Waals surface area contributed by atoms with Gasteiger partial charge in [-0.2, -0.15) is 5.10 Å². The Labute approximate surface area is 179 Å². The number of aliphatic hydroxyl groups is 1. The minimum Gasteiger partial charge on any atom is -0.490 e. The number of aliphatic hydroxyl groups excluding tert-OH is 1. The number of aromatic nitrogens is 2. The quantitative estimate of drug-likeness (QED) is 0.706. The molecule has 0 spiro atoms. The van der Waals surface area contributed by atoms with Crippen LogP contribution < -0.4 is 4.74 Å². The van der Waals surface area contributed by atoms with Crippen molar-refractivity contribution >= 4 is 16.8 Å². The minimum absolute atomic E-state index is 0.00972. The lowest BCUT2D eigenvalue weighted by molar-refractivity contribution is -0.142. The first-order chi connectivity index (χ1) is 14.5. The zero-order chi connectivity index (χ0) is 21.3. The smallest absolute Gasteiger partial charge is 0.223 e. The molecule has 6 heteroatoms. The van der Waals surface area contributed by atoms with Gasteiger partial charge in [0.2, 0.25) is 5.91 Å². The number of H-pyrrole nitrogens is 1. The maximum Gasteiger partial charge on any atom is 0.223 e. The summed E-state index contributed by atoms with van der Waals surface area (Å²) in [7, 11) is 0. The molecule has 164 valence electrons. The van der Waals surface area contributed by atoms with Crippen LogP contribution in [0, 0.1) is 5.92 Å². The van der Waals surface area contributed by atoms with Crippen LogP contribution in [0.25, 0.3) is 10.9 Å². The lowest BCUT2D eigenvalue weighted by Crippen LogP contribution is -2.54. The molecule has 2 N–H and O–H groups in total. The highest BCUT2D eigenvalue weighted by Gasteiger charge is 2.40. The molecule has 2 bridgehead atoms. The highest BCUT2D eigenvalue weighted by atomic mass is 16.5. The summed E-state index contributed by atoms with van der Waals surface area (Å²) in [5.41, 5.74) is 1.83. The summed E-state index contributed by atoms with van der Waals surface area (Å²) in [4.78, 5) is 15.6. The maximum atomic E-state index is 13.5. The van der Waals surface area contributed by atoms with Crippen LogP contribution >= 0.6 is 0 Å². The Balaban J connectivity index is 1.56. The van der Waals surface area contributed by atoms with Crippen molar-refractivity contribution in [3.63, 3.8) is 0 Å². The fourth-order valence-electron chi connectivity index (χ4n) is 5.58. The van der Waals surface area contributed by atoms with Crippen LogP contribution in [0.1, 0.15) is 77.3 Å². The van der Waals surface area contributed by atoms with E-state index in [-0.39, 0.29) is 30.6 Å². The fraction of sp³-hybridized carbons (Fsp3) is 0.667. The van der Waals surface area contributed by atoms with Gasteiger partial charge in [-0.3, -0.25) is 9.89 Å². The van der Waals surface area contributed by atoms with E-state index in [1.165, 1.54) is 12.8 Å². The van der Waals surface area contributed by atoms with Crippen molar-refractivity contribution in [2.75, 3.05) is 6.61 Å². The van der Waals surface area contributed by atoms with E-state index >= 15 is 0 Å².